The van der Waals surface area contributed by atoms with Crippen LogP contribution in [0.2, 0.25) is 0 Å². The first-order chi connectivity index (χ1) is 15.6. The Morgan fingerprint density at radius 3 is 2.22 bits per heavy atom. The van der Waals surface area contributed by atoms with Crippen molar-refractivity contribution in [3.8, 4) is 11.3 Å². The third-order valence-corrected chi connectivity index (χ3v) is 7.78. The minimum absolute atomic E-state index is 0.00843. The number of carbonyl (C=O) groups is 1. The molecule has 1 unspecified atom stereocenters. The highest BCUT2D eigenvalue weighted by molar-refractivity contribution is 7.14. The normalized spacial score (nSPS) is 22.8. The Morgan fingerprint density at radius 1 is 0.969 bits per heavy atom. The molecule has 0 saturated heterocycles. The Kier molecular flexibility index (Phi) is 4.30. The molecule has 2 bridgehead atoms. The van der Waals surface area contributed by atoms with Crippen LogP contribution in [0.15, 0.2) is 78.2 Å². The summed E-state index contributed by atoms with van der Waals surface area (Å²) in [6, 6.07) is 23.5. The topological polar surface area (TPSA) is 42.0 Å². The zero-order valence-electron chi connectivity index (χ0n) is 17.5. The molecule has 3 aliphatic rings. The van der Waals surface area contributed by atoms with Gasteiger partial charge in [-0.25, -0.2) is 9.37 Å². The van der Waals surface area contributed by atoms with Crippen molar-refractivity contribution in [1.29, 1.82) is 0 Å². The van der Waals surface area contributed by atoms with Crippen LogP contribution in [0.25, 0.3) is 11.3 Å². The van der Waals surface area contributed by atoms with E-state index in [2.05, 4.69) is 65.8 Å². The number of amides is 1. The maximum atomic E-state index is 14.2. The standard InChI is InChI=1S/C27H21FN2OS/c1-27(25(31)30-26-29-23(15-32-26)20-12-6-7-13-22(20)28)14-21-16-8-2-4-10-18(16)24(27)19-11-5-3-9-17(19)21/h2-13,15,21,24H,14H2,1H3,(H,29,30,31). The quantitative estimate of drug-likeness (QED) is 0.391. The summed E-state index contributed by atoms with van der Waals surface area (Å²) in [6.45, 7) is 2.07. The van der Waals surface area contributed by atoms with Gasteiger partial charge in [0.15, 0.2) is 5.13 Å². The highest BCUT2D eigenvalue weighted by Crippen LogP contribution is 2.61. The van der Waals surface area contributed by atoms with E-state index in [0.717, 1.165) is 6.42 Å². The maximum Gasteiger partial charge on any atom is 0.233 e. The Bertz CT molecular complexity index is 1320. The van der Waals surface area contributed by atoms with Gasteiger partial charge < -0.3 is 5.32 Å². The smallest absolute Gasteiger partial charge is 0.233 e. The van der Waals surface area contributed by atoms with Gasteiger partial charge in [-0.2, -0.15) is 0 Å². The summed E-state index contributed by atoms with van der Waals surface area (Å²) < 4.78 is 14.2. The predicted octanol–water partition coefficient (Wildman–Crippen LogP) is 6.58. The Balaban J connectivity index is 1.36. The lowest BCUT2D eigenvalue weighted by atomic mass is 9.52. The zero-order chi connectivity index (χ0) is 21.9. The molecule has 0 aliphatic heterocycles. The largest absolute Gasteiger partial charge is 0.301 e. The molecule has 32 heavy (non-hydrogen) atoms. The minimum Gasteiger partial charge on any atom is -0.301 e. The van der Waals surface area contributed by atoms with Gasteiger partial charge in [0.2, 0.25) is 5.91 Å². The summed E-state index contributed by atoms with van der Waals surface area (Å²) in [5, 5.41) is 5.34. The first kappa shape index (κ1) is 19.4. The fourth-order valence-electron chi connectivity index (χ4n) is 5.55. The average molecular weight is 441 g/mol. The van der Waals surface area contributed by atoms with Crippen molar-refractivity contribution in [3.63, 3.8) is 0 Å². The van der Waals surface area contributed by atoms with Crippen molar-refractivity contribution < 1.29 is 9.18 Å². The fourth-order valence-corrected chi connectivity index (χ4v) is 6.26. The van der Waals surface area contributed by atoms with Gasteiger partial charge in [0.1, 0.15) is 5.82 Å². The van der Waals surface area contributed by atoms with Gasteiger partial charge in [0, 0.05) is 22.8 Å². The number of hydrogen-bond donors (Lipinski definition) is 1. The van der Waals surface area contributed by atoms with Gasteiger partial charge in [-0.05, 0) is 47.7 Å². The van der Waals surface area contributed by atoms with Gasteiger partial charge in [0.25, 0.3) is 0 Å². The summed E-state index contributed by atoms with van der Waals surface area (Å²) in [4.78, 5) is 18.2. The van der Waals surface area contributed by atoms with Crippen molar-refractivity contribution >= 4 is 22.4 Å². The van der Waals surface area contributed by atoms with Gasteiger partial charge in [-0.15, -0.1) is 11.3 Å². The molecule has 1 atom stereocenters. The first-order valence-electron chi connectivity index (χ1n) is 10.8. The molecule has 3 aromatic carbocycles. The molecule has 0 saturated carbocycles. The molecular formula is C27H21FN2OS. The van der Waals surface area contributed by atoms with Crippen LogP contribution in [0, 0.1) is 11.2 Å². The lowest BCUT2D eigenvalue weighted by Gasteiger charge is -2.50. The molecule has 0 radical (unpaired) electrons. The third kappa shape index (κ3) is 2.77. The summed E-state index contributed by atoms with van der Waals surface area (Å²) in [6.07, 6.45) is 0.753. The minimum atomic E-state index is -0.600. The lowest BCUT2D eigenvalue weighted by molar-refractivity contribution is -0.126. The monoisotopic (exact) mass is 440 g/mol. The van der Waals surface area contributed by atoms with Crippen molar-refractivity contribution in [2.45, 2.75) is 25.2 Å². The van der Waals surface area contributed by atoms with Crippen LogP contribution >= 0.6 is 11.3 Å². The molecule has 5 heteroatoms. The molecule has 1 aromatic heterocycles. The first-order valence-corrected chi connectivity index (χ1v) is 11.6. The van der Waals surface area contributed by atoms with E-state index in [-0.39, 0.29) is 23.6 Å². The van der Waals surface area contributed by atoms with E-state index in [1.165, 1.54) is 39.7 Å². The van der Waals surface area contributed by atoms with Crippen LogP contribution < -0.4 is 5.32 Å². The number of rotatable bonds is 3. The Hall–Kier alpha value is -3.31. The van der Waals surface area contributed by atoms with E-state index in [1.807, 2.05) is 0 Å². The second-order valence-electron chi connectivity index (χ2n) is 8.84. The van der Waals surface area contributed by atoms with Crippen LogP contribution in [0.3, 0.4) is 0 Å². The molecule has 1 amide bonds. The van der Waals surface area contributed by atoms with E-state index in [4.69, 9.17) is 0 Å². The van der Waals surface area contributed by atoms with Gasteiger partial charge in [-0.3, -0.25) is 4.79 Å². The molecular weight excluding hydrogens is 419 g/mol. The number of hydrogen-bond acceptors (Lipinski definition) is 3. The van der Waals surface area contributed by atoms with E-state index in [0.29, 0.717) is 16.4 Å². The predicted molar refractivity (Wildman–Crippen MR) is 125 cm³/mol. The highest BCUT2D eigenvalue weighted by Gasteiger charge is 2.53. The Morgan fingerprint density at radius 2 is 1.56 bits per heavy atom. The summed E-state index contributed by atoms with van der Waals surface area (Å²) in [5.41, 5.74) is 5.52. The van der Waals surface area contributed by atoms with Crippen LogP contribution in [-0.2, 0) is 4.79 Å². The second kappa shape index (κ2) is 7.10. The molecule has 3 nitrogen and oxygen atoms in total. The average Bonchev–Trinajstić information content (AvgIpc) is 3.27. The van der Waals surface area contributed by atoms with E-state index in [1.54, 1.807) is 23.6 Å². The number of nitrogens with zero attached hydrogens (tertiary/aromatic N) is 1. The van der Waals surface area contributed by atoms with Gasteiger partial charge in [-0.1, -0.05) is 60.7 Å². The van der Waals surface area contributed by atoms with Crippen LogP contribution in [0.1, 0.15) is 47.4 Å². The van der Waals surface area contributed by atoms with E-state index in [9.17, 15) is 9.18 Å². The van der Waals surface area contributed by atoms with E-state index < -0.39 is 5.41 Å². The highest BCUT2D eigenvalue weighted by atomic mass is 32.1. The van der Waals surface area contributed by atoms with E-state index >= 15 is 0 Å². The molecule has 4 aromatic rings. The number of carbonyl (C=O) groups excluding carboxylic acids is 1. The number of anilines is 1. The Labute approximate surface area is 190 Å². The summed E-state index contributed by atoms with van der Waals surface area (Å²) in [5.74, 6) is -0.161. The van der Waals surface area contributed by atoms with Crippen LogP contribution in [0.5, 0.6) is 0 Å². The molecule has 1 N–H and O–H groups in total. The number of nitrogens with one attached hydrogen (secondary N) is 1. The van der Waals surface area contributed by atoms with Gasteiger partial charge in [0.05, 0.1) is 11.1 Å². The number of aromatic nitrogens is 1. The summed E-state index contributed by atoms with van der Waals surface area (Å²) >= 11 is 1.33. The lowest BCUT2D eigenvalue weighted by Crippen LogP contribution is -2.47. The van der Waals surface area contributed by atoms with Crippen LogP contribution in [-0.4, -0.2) is 10.9 Å². The maximum absolute atomic E-state index is 14.2. The molecule has 3 aliphatic carbocycles. The molecule has 1 heterocycles. The van der Waals surface area contributed by atoms with Crippen molar-refractivity contribution in [1.82, 2.24) is 4.98 Å². The second-order valence-corrected chi connectivity index (χ2v) is 9.69. The van der Waals surface area contributed by atoms with Crippen molar-refractivity contribution in [2.75, 3.05) is 5.32 Å². The zero-order valence-corrected chi connectivity index (χ0v) is 18.3. The number of halogens is 1. The molecule has 0 fully saturated rings. The molecule has 7 rings (SSSR count). The fraction of sp³-hybridized carbons (Fsp3) is 0.185. The summed E-state index contributed by atoms with van der Waals surface area (Å²) in [7, 11) is 0. The van der Waals surface area contributed by atoms with Crippen molar-refractivity contribution in [3.05, 3.63) is 106 Å². The number of fused-ring (bicyclic) bond motifs is 1. The third-order valence-electron chi connectivity index (χ3n) is 7.02. The molecule has 0 spiro atoms. The SMILES string of the molecule is CC1(C(=O)Nc2nc(-c3ccccc3F)cs2)CC2c3ccccc3C1c1ccccc12. The van der Waals surface area contributed by atoms with Crippen LogP contribution in [0.4, 0.5) is 9.52 Å². The van der Waals surface area contributed by atoms with Crippen molar-refractivity contribution in [2.24, 2.45) is 5.41 Å². The number of benzene rings is 3. The molecule has 158 valence electrons. The van der Waals surface area contributed by atoms with Gasteiger partial charge >= 0.3 is 0 Å². The number of thiazole rings is 1.